The molecule has 1 aromatic rings. The van der Waals surface area contributed by atoms with Gasteiger partial charge in [0.1, 0.15) is 0 Å². The fourth-order valence-corrected chi connectivity index (χ4v) is 3.88. The van der Waals surface area contributed by atoms with Gasteiger partial charge >= 0.3 is 0 Å². The molecule has 1 aliphatic carbocycles. The molecule has 0 radical (unpaired) electrons. The van der Waals surface area contributed by atoms with Crippen molar-refractivity contribution >= 4 is 8.07 Å². The van der Waals surface area contributed by atoms with Gasteiger partial charge in [-0.3, -0.25) is 0 Å². The summed E-state index contributed by atoms with van der Waals surface area (Å²) in [6.07, 6.45) is 6.17. The highest BCUT2D eigenvalue weighted by Crippen LogP contribution is 2.26. The van der Waals surface area contributed by atoms with E-state index in [-0.39, 0.29) is 0 Å². The minimum atomic E-state index is -1.07. The average molecular weight is 216 g/mol. The molecule has 0 spiro atoms. The SMILES string of the molecule is C[Si](C)(C)C1=CCc2ccccc2CC1. The number of hydrogen-bond donors (Lipinski definition) is 0. The molecule has 0 aromatic heterocycles. The van der Waals surface area contributed by atoms with Crippen LogP contribution in [0.4, 0.5) is 0 Å². The lowest BCUT2D eigenvalue weighted by Gasteiger charge is -2.20. The molecule has 0 saturated carbocycles. The monoisotopic (exact) mass is 216 g/mol. The van der Waals surface area contributed by atoms with E-state index >= 15 is 0 Å². The Balaban J connectivity index is 2.26. The molecule has 0 N–H and O–H groups in total. The molecule has 1 aromatic carbocycles. The van der Waals surface area contributed by atoms with E-state index in [4.69, 9.17) is 0 Å². The van der Waals surface area contributed by atoms with Crippen molar-refractivity contribution in [2.24, 2.45) is 0 Å². The van der Waals surface area contributed by atoms with Crippen LogP contribution in [-0.4, -0.2) is 8.07 Å². The van der Waals surface area contributed by atoms with Gasteiger partial charge < -0.3 is 0 Å². The summed E-state index contributed by atoms with van der Waals surface area (Å²) in [7, 11) is -1.07. The molecule has 0 heterocycles. The third kappa shape index (κ3) is 2.40. The van der Waals surface area contributed by atoms with Crippen LogP contribution >= 0.6 is 0 Å². The molecule has 0 bridgehead atoms. The van der Waals surface area contributed by atoms with Gasteiger partial charge in [-0.2, -0.15) is 0 Å². The van der Waals surface area contributed by atoms with Crippen LogP contribution in [0.15, 0.2) is 35.5 Å². The van der Waals surface area contributed by atoms with Crippen molar-refractivity contribution in [1.82, 2.24) is 0 Å². The second kappa shape index (κ2) is 3.97. The molecule has 0 nitrogen and oxygen atoms in total. The van der Waals surface area contributed by atoms with E-state index in [2.05, 4.69) is 50.0 Å². The maximum atomic E-state index is 2.50. The average Bonchev–Trinajstić information content (AvgIpc) is 2.38. The van der Waals surface area contributed by atoms with E-state index in [1.54, 1.807) is 10.8 Å². The zero-order valence-electron chi connectivity index (χ0n) is 10.0. The van der Waals surface area contributed by atoms with Crippen molar-refractivity contribution in [3.05, 3.63) is 46.7 Å². The topological polar surface area (TPSA) is 0 Å². The van der Waals surface area contributed by atoms with Crippen LogP contribution < -0.4 is 0 Å². The third-order valence-corrected chi connectivity index (χ3v) is 5.69. The van der Waals surface area contributed by atoms with E-state index in [0.717, 1.165) is 6.42 Å². The molecule has 15 heavy (non-hydrogen) atoms. The predicted molar refractivity (Wildman–Crippen MR) is 69.9 cm³/mol. The molecule has 80 valence electrons. The summed E-state index contributed by atoms with van der Waals surface area (Å²) in [6.45, 7) is 7.36. The van der Waals surface area contributed by atoms with Gasteiger partial charge in [0.05, 0.1) is 8.07 Å². The van der Waals surface area contributed by atoms with Crippen molar-refractivity contribution in [2.75, 3.05) is 0 Å². The summed E-state index contributed by atoms with van der Waals surface area (Å²) in [5, 5.41) is 1.75. The number of fused-ring (bicyclic) bond motifs is 1. The van der Waals surface area contributed by atoms with Gasteiger partial charge in [0.15, 0.2) is 0 Å². The number of aryl methyl sites for hydroxylation is 1. The molecule has 0 saturated heterocycles. The Morgan fingerprint density at radius 1 is 0.933 bits per heavy atom. The first kappa shape index (κ1) is 10.7. The van der Waals surface area contributed by atoms with Crippen molar-refractivity contribution in [2.45, 2.75) is 38.9 Å². The molecule has 1 heteroatoms. The predicted octanol–water partition coefficient (Wildman–Crippen LogP) is 3.98. The summed E-state index contributed by atoms with van der Waals surface area (Å²) in [5.41, 5.74) is 3.09. The fraction of sp³-hybridized carbons (Fsp3) is 0.429. The first-order valence-electron chi connectivity index (χ1n) is 5.83. The Bertz CT molecular complexity index is 383. The van der Waals surface area contributed by atoms with E-state index < -0.39 is 8.07 Å². The smallest absolute Gasteiger partial charge is 0.0720 e. The Kier molecular flexibility index (Phi) is 2.83. The van der Waals surface area contributed by atoms with Crippen molar-refractivity contribution in [3.8, 4) is 0 Å². The lowest BCUT2D eigenvalue weighted by molar-refractivity contribution is 0.979. The summed E-state index contributed by atoms with van der Waals surface area (Å²) in [5.74, 6) is 0. The molecule has 1 aliphatic rings. The van der Waals surface area contributed by atoms with Gasteiger partial charge in [-0.1, -0.05) is 55.2 Å². The van der Waals surface area contributed by atoms with Gasteiger partial charge in [0, 0.05) is 0 Å². The Morgan fingerprint density at radius 2 is 1.60 bits per heavy atom. The standard InChI is InChI=1S/C14H20Si/c1-15(2,3)14-10-8-12-6-4-5-7-13(12)9-11-14/h4-7,10H,8-9,11H2,1-3H3. The zero-order chi connectivity index (χ0) is 10.9. The highest BCUT2D eigenvalue weighted by molar-refractivity contribution is 6.83. The Labute approximate surface area is 94.0 Å². The number of rotatable bonds is 1. The zero-order valence-corrected chi connectivity index (χ0v) is 11.0. The van der Waals surface area contributed by atoms with Crippen LogP contribution in [0.3, 0.4) is 0 Å². The highest BCUT2D eigenvalue weighted by Gasteiger charge is 2.20. The van der Waals surface area contributed by atoms with E-state index in [0.29, 0.717) is 0 Å². The second-order valence-electron chi connectivity index (χ2n) is 5.45. The van der Waals surface area contributed by atoms with E-state index in [1.165, 1.54) is 18.4 Å². The molecular formula is C14H20Si. The van der Waals surface area contributed by atoms with Crippen molar-refractivity contribution in [1.29, 1.82) is 0 Å². The van der Waals surface area contributed by atoms with Crippen LogP contribution in [0.5, 0.6) is 0 Å². The molecule has 0 amide bonds. The lowest BCUT2D eigenvalue weighted by Crippen LogP contribution is -2.24. The van der Waals surface area contributed by atoms with Gasteiger partial charge in [-0.05, 0) is 30.4 Å². The van der Waals surface area contributed by atoms with Crippen LogP contribution in [0.2, 0.25) is 19.6 Å². The summed E-state index contributed by atoms with van der Waals surface area (Å²) in [6, 6.07) is 8.89. The van der Waals surface area contributed by atoms with Crippen molar-refractivity contribution in [3.63, 3.8) is 0 Å². The molecule has 2 rings (SSSR count). The number of allylic oxidation sites excluding steroid dienone is 2. The molecule has 0 aliphatic heterocycles. The fourth-order valence-electron chi connectivity index (χ4n) is 2.29. The van der Waals surface area contributed by atoms with E-state index in [9.17, 15) is 0 Å². The number of benzene rings is 1. The normalized spacial score (nSPS) is 16.6. The minimum absolute atomic E-state index is 1.07. The molecular weight excluding hydrogens is 196 g/mol. The first-order chi connectivity index (χ1) is 7.07. The lowest BCUT2D eigenvalue weighted by atomic mass is 10.0. The van der Waals surface area contributed by atoms with Crippen LogP contribution in [0.1, 0.15) is 17.5 Å². The summed E-state index contributed by atoms with van der Waals surface area (Å²) in [4.78, 5) is 0. The molecule has 0 unspecified atom stereocenters. The summed E-state index contributed by atoms with van der Waals surface area (Å²) < 4.78 is 0. The van der Waals surface area contributed by atoms with Gasteiger partial charge in [0.25, 0.3) is 0 Å². The van der Waals surface area contributed by atoms with Crippen LogP contribution in [-0.2, 0) is 12.8 Å². The maximum absolute atomic E-state index is 2.50. The molecule has 0 fully saturated rings. The van der Waals surface area contributed by atoms with Crippen LogP contribution in [0, 0.1) is 0 Å². The van der Waals surface area contributed by atoms with Crippen molar-refractivity contribution < 1.29 is 0 Å². The first-order valence-corrected chi connectivity index (χ1v) is 9.33. The van der Waals surface area contributed by atoms with Gasteiger partial charge in [0.2, 0.25) is 0 Å². The minimum Gasteiger partial charge on any atom is -0.0847 e. The molecule has 0 atom stereocenters. The third-order valence-electron chi connectivity index (χ3n) is 3.31. The maximum Gasteiger partial charge on any atom is 0.0720 e. The quantitative estimate of drug-likeness (QED) is 0.623. The van der Waals surface area contributed by atoms with Gasteiger partial charge in [-0.25, -0.2) is 0 Å². The number of hydrogen-bond acceptors (Lipinski definition) is 0. The Hall–Kier alpha value is -0.823. The second-order valence-corrected chi connectivity index (χ2v) is 10.6. The Morgan fingerprint density at radius 3 is 2.27 bits per heavy atom. The van der Waals surface area contributed by atoms with Gasteiger partial charge in [-0.15, -0.1) is 0 Å². The van der Waals surface area contributed by atoms with E-state index in [1.807, 2.05) is 0 Å². The summed E-state index contributed by atoms with van der Waals surface area (Å²) >= 11 is 0. The largest absolute Gasteiger partial charge is 0.0847 e. The van der Waals surface area contributed by atoms with Crippen LogP contribution in [0.25, 0.3) is 0 Å². The highest BCUT2D eigenvalue weighted by atomic mass is 28.3.